The van der Waals surface area contributed by atoms with Gasteiger partial charge in [0.2, 0.25) is 0 Å². The van der Waals surface area contributed by atoms with Crippen molar-refractivity contribution in [3.8, 4) is 66.8 Å². The third-order valence-electron chi connectivity index (χ3n) is 14.9. The molecule has 0 aliphatic heterocycles. The maximum atomic E-state index is 2.56. The fourth-order valence-corrected chi connectivity index (χ4v) is 11.8. The number of rotatable bonds is 7. The monoisotopic (exact) mass is 821 g/mol. The lowest BCUT2D eigenvalue weighted by molar-refractivity contribution is 0.353. The Morgan fingerprint density at radius 3 is 1.55 bits per heavy atom. The summed E-state index contributed by atoms with van der Waals surface area (Å²) < 4.78 is 0. The lowest BCUT2D eigenvalue weighted by Gasteiger charge is -2.37. The van der Waals surface area contributed by atoms with Crippen LogP contribution in [0.3, 0.4) is 0 Å². The molecule has 1 spiro atoms. The predicted octanol–water partition coefficient (Wildman–Crippen LogP) is 17.4. The van der Waals surface area contributed by atoms with E-state index >= 15 is 0 Å². The zero-order chi connectivity index (χ0) is 42.8. The highest BCUT2D eigenvalue weighted by atomic mass is 15.1. The van der Waals surface area contributed by atoms with Crippen molar-refractivity contribution in [2.75, 3.05) is 4.90 Å². The topological polar surface area (TPSA) is 3.24 Å². The van der Waals surface area contributed by atoms with Crippen LogP contribution < -0.4 is 4.90 Å². The molecule has 1 fully saturated rings. The molecule has 9 aromatic rings. The van der Waals surface area contributed by atoms with Crippen LogP contribution in [0.1, 0.15) is 68.2 Å². The van der Waals surface area contributed by atoms with Gasteiger partial charge in [0.25, 0.3) is 0 Å². The average Bonchev–Trinajstić information content (AvgIpc) is 3.76. The van der Waals surface area contributed by atoms with Crippen LogP contribution in [0.2, 0.25) is 0 Å². The maximum Gasteiger partial charge on any atom is 0.0540 e. The van der Waals surface area contributed by atoms with E-state index in [0.29, 0.717) is 0 Å². The molecule has 0 heterocycles. The van der Waals surface area contributed by atoms with E-state index in [-0.39, 0.29) is 10.8 Å². The second kappa shape index (κ2) is 15.2. The Hall–Kier alpha value is -7.22. The van der Waals surface area contributed by atoms with Gasteiger partial charge in [-0.05, 0) is 127 Å². The molecule has 0 N–H and O–H groups in total. The predicted molar refractivity (Wildman–Crippen MR) is 270 cm³/mol. The third kappa shape index (κ3) is 6.13. The Morgan fingerprint density at radius 2 is 0.828 bits per heavy atom. The Bertz CT molecular complexity index is 3200. The van der Waals surface area contributed by atoms with Crippen LogP contribution in [-0.4, -0.2) is 0 Å². The van der Waals surface area contributed by atoms with Gasteiger partial charge < -0.3 is 4.90 Å². The van der Waals surface area contributed by atoms with Crippen molar-refractivity contribution in [1.82, 2.24) is 0 Å². The molecule has 0 atom stereocenters. The number of fused-ring (bicyclic) bond motifs is 8. The van der Waals surface area contributed by atoms with Crippen LogP contribution >= 0.6 is 0 Å². The Morgan fingerprint density at radius 1 is 0.328 bits per heavy atom. The molecule has 1 nitrogen and oxygen atoms in total. The lowest BCUT2D eigenvalue weighted by atomic mass is 9.68. The number of hydrogen-bond acceptors (Lipinski definition) is 1. The molecule has 0 unspecified atom stereocenters. The number of hydrogen-bond donors (Lipinski definition) is 0. The molecule has 0 saturated heterocycles. The highest BCUT2D eigenvalue weighted by molar-refractivity contribution is 5.93. The summed E-state index contributed by atoms with van der Waals surface area (Å²) in [5.41, 5.74) is 24.6. The summed E-state index contributed by atoms with van der Waals surface area (Å²) in [4.78, 5) is 2.54. The first kappa shape index (κ1) is 38.5. The van der Waals surface area contributed by atoms with Gasteiger partial charge in [-0.15, -0.1) is 0 Å². The van der Waals surface area contributed by atoms with Gasteiger partial charge in [0.05, 0.1) is 5.69 Å². The standard InChI is InChI=1S/C63H51N/c1-62(2)57-26-10-7-23-54(57)56-25-16-24-52(61(56)62)48-19-15-20-49(41-48)64(50-37-38-55-53-22-8-11-27-58(53)63(59(55)42-50)39-13-4-14-40-63)60-28-12-9-21-51(60)47-35-33-46(34-36-47)45-31-29-44(30-32-45)43-17-5-3-6-18-43/h3,5-12,15-38,41-42H,4,13-14,39-40H2,1-2H3. The number of anilines is 3. The summed E-state index contributed by atoms with van der Waals surface area (Å²) in [5, 5.41) is 0. The summed E-state index contributed by atoms with van der Waals surface area (Å²) in [6, 6.07) is 79.5. The molecule has 1 heteroatoms. The fourth-order valence-electron chi connectivity index (χ4n) is 11.8. The summed E-state index contributed by atoms with van der Waals surface area (Å²) in [5.74, 6) is 0. The van der Waals surface area contributed by atoms with E-state index in [4.69, 9.17) is 0 Å². The van der Waals surface area contributed by atoms with Crippen molar-refractivity contribution in [3.63, 3.8) is 0 Å². The highest BCUT2D eigenvalue weighted by Crippen LogP contribution is 2.58. The molecule has 3 aliphatic carbocycles. The first-order chi connectivity index (χ1) is 31.5. The SMILES string of the molecule is CC1(C)c2ccccc2-c2cccc(-c3cccc(N(c4ccc5c(c4)C4(CCCCC4)c4ccccc4-5)c4ccccc4-c4ccc(-c5ccc(-c6ccccc6)cc5)cc4)c3)c21. The van der Waals surface area contributed by atoms with Gasteiger partial charge in [0.1, 0.15) is 0 Å². The molecule has 0 radical (unpaired) electrons. The molecule has 1 saturated carbocycles. The molecule has 0 aromatic heterocycles. The minimum Gasteiger partial charge on any atom is -0.310 e. The molecule has 0 amide bonds. The van der Waals surface area contributed by atoms with E-state index < -0.39 is 0 Å². The van der Waals surface area contributed by atoms with Crippen LogP contribution in [0.5, 0.6) is 0 Å². The summed E-state index contributed by atoms with van der Waals surface area (Å²) in [6.45, 7) is 4.78. The van der Waals surface area contributed by atoms with Gasteiger partial charge in [-0.25, -0.2) is 0 Å². The van der Waals surface area contributed by atoms with E-state index in [0.717, 1.165) is 5.69 Å². The van der Waals surface area contributed by atoms with Crippen LogP contribution in [0.25, 0.3) is 66.8 Å². The average molecular weight is 822 g/mol. The van der Waals surface area contributed by atoms with Crippen molar-refractivity contribution < 1.29 is 0 Å². The first-order valence-corrected chi connectivity index (χ1v) is 23.2. The normalized spacial score (nSPS) is 15.0. The Kier molecular flexibility index (Phi) is 9.16. The van der Waals surface area contributed by atoms with E-state index in [2.05, 4.69) is 231 Å². The largest absolute Gasteiger partial charge is 0.310 e. The lowest BCUT2D eigenvalue weighted by Crippen LogP contribution is -2.28. The third-order valence-corrected chi connectivity index (χ3v) is 14.9. The molecular formula is C63H51N. The van der Waals surface area contributed by atoms with Crippen molar-refractivity contribution in [1.29, 1.82) is 0 Å². The van der Waals surface area contributed by atoms with Crippen LogP contribution in [-0.2, 0) is 10.8 Å². The second-order valence-electron chi connectivity index (χ2n) is 18.7. The Balaban J connectivity index is 0.998. The van der Waals surface area contributed by atoms with Gasteiger partial charge in [0, 0.05) is 27.8 Å². The van der Waals surface area contributed by atoms with Crippen LogP contribution in [0.4, 0.5) is 17.1 Å². The van der Waals surface area contributed by atoms with Crippen LogP contribution in [0, 0.1) is 0 Å². The van der Waals surface area contributed by atoms with Gasteiger partial charge in [-0.3, -0.25) is 0 Å². The molecule has 9 aromatic carbocycles. The molecule has 308 valence electrons. The van der Waals surface area contributed by atoms with Gasteiger partial charge in [-0.1, -0.05) is 215 Å². The summed E-state index contributed by atoms with van der Waals surface area (Å²) in [6.07, 6.45) is 6.24. The smallest absolute Gasteiger partial charge is 0.0540 e. The van der Waals surface area contributed by atoms with Gasteiger partial charge in [0.15, 0.2) is 0 Å². The second-order valence-corrected chi connectivity index (χ2v) is 18.7. The van der Waals surface area contributed by atoms with Gasteiger partial charge in [-0.2, -0.15) is 0 Å². The van der Waals surface area contributed by atoms with Crippen molar-refractivity contribution in [2.45, 2.75) is 56.8 Å². The van der Waals surface area contributed by atoms with Crippen molar-refractivity contribution >= 4 is 17.1 Å². The van der Waals surface area contributed by atoms with Gasteiger partial charge >= 0.3 is 0 Å². The molecule has 3 aliphatic rings. The zero-order valence-electron chi connectivity index (χ0n) is 36.7. The zero-order valence-corrected chi connectivity index (χ0v) is 36.7. The van der Waals surface area contributed by atoms with Crippen molar-refractivity contribution in [3.05, 3.63) is 235 Å². The highest BCUT2D eigenvalue weighted by Gasteiger charge is 2.44. The molecular weight excluding hydrogens is 771 g/mol. The van der Waals surface area contributed by atoms with E-state index in [1.165, 1.54) is 132 Å². The van der Waals surface area contributed by atoms with E-state index in [1.807, 2.05) is 0 Å². The van der Waals surface area contributed by atoms with Crippen LogP contribution in [0.15, 0.2) is 212 Å². The number of nitrogens with zero attached hydrogens (tertiary/aromatic N) is 1. The minimum absolute atomic E-state index is 0.0491. The summed E-state index contributed by atoms with van der Waals surface area (Å²) in [7, 11) is 0. The summed E-state index contributed by atoms with van der Waals surface area (Å²) >= 11 is 0. The molecule has 0 bridgehead atoms. The quantitative estimate of drug-likeness (QED) is 0.155. The maximum absolute atomic E-state index is 2.56. The first-order valence-electron chi connectivity index (χ1n) is 23.2. The number of benzene rings is 9. The number of para-hydroxylation sites is 1. The van der Waals surface area contributed by atoms with E-state index in [1.54, 1.807) is 0 Å². The van der Waals surface area contributed by atoms with E-state index in [9.17, 15) is 0 Å². The minimum atomic E-state index is -0.121. The van der Waals surface area contributed by atoms with Crippen molar-refractivity contribution in [2.24, 2.45) is 0 Å². The fraction of sp³-hybridized carbons (Fsp3) is 0.143. The Labute approximate surface area is 378 Å². The molecule has 64 heavy (non-hydrogen) atoms. The molecule has 12 rings (SSSR count).